The highest BCUT2D eigenvalue weighted by Crippen LogP contribution is 2.38. The molecule has 1 aliphatic carbocycles. The minimum Gasteiger partial charge on any atom is -0.297 e. The van der Waals surface area contributed by atoms with E-state index in [0.717, 1.165) is 42.1 Å². The summed E-state index contributed by atoms with van der Waals surface area (Å²) < 4.78 is 4.99. The van der Waals surface area contributed by atoms with E-state index in [4.69, 9.17) is 17.3 Å². The van der Waals surface area contributed by atoms with Gasteiger partial charge in [0.1, 0.15) is 0 Å². The van der Waals surface area contributed by atoms with Gasteiger partial charge in [0.2, 0.25) is 0 Å². The molecule has 0 bridgehead atoms. The van der Waals surface area contributed by atoms with Crippen LogP contribution in [-0.4, -0.2) is 24.2 Å². The van der Waals surface area contributed by atoms with Crippen LogP contribution >= 0.6 is 12.2 Å². The number of aromatic nitrogens is 4. The SMILES string of the molecule is Cc1ccccc1CN(Cc1ccccc1)Cn1nc(-c2cccnc2)n(C2CC2)c1=S. The maximum atomic E-state index is 5.92. The van der Waals surface area contributed by atoms with Crippen LogP contribution in [0.4, 0.5) is 0 Å². The number of rotatable bonds is 8. The summed E-state index contributed by atoms with van der Waals surface area (Å²) in [4.78, 5) is 6.70. The molecular weight excluding hydrogens is 414 g/mol. The number of hydrogen-bond donors (Lipinski definition) is 0. The average molecular weight is 442 g/mol. The van der Waals surface area contributed by atoms with Crippen molar-refractivity contribution in [1.29, 1.82) is 0 Å². The Morgan fingerprint density at radius 1 is 0.969 bits per heavy atom. The molecule has 4 aromatic rings. The minimum absolute atomic E-state index is 0.449. The van der Waals surface area contributed by atoms with Gasteiger partial charge in [-0.05, 0) is 60.8 Å². The van der Waals surface area contributed by atoms with Gasteiger partial charge in [0.15, 0.2) is 10.6 Å². The van der Waals surface area contributed by atoms with E-state index in [9.17, 15) is 0 Å². The van der Waals surface area contributed by atoms with E-state index in [0.29, 0.717) is 12.7 Å². The third-order valence-corrected chi connectivity index (χ3v) is 6.35. The first-order valence-corrected chi connectivity index (χ1v) is 11.5. The van der Waals surface area contributed by atoms with Gasteiger partial charge in [-0.1, -0.05) is 54.6 Å². The van der Waals surface area contributed by atoms with Gasteiger partial charge in [-0.2, -0.15) is 5.10 Å². The molecule has 32 heavy (non-hydrogen) atoms. The molecule has 1 fully saturated rings. The smallest absolute Gasteiger partial charge is 0.199 e. The minimum atomic E-state index is 0.449. The van der Waals surface area contributed by atoms with Crippen molar-refractivity contribution in [2.45, 2.75) is 45.6 Å². The molecule has 6 heteroatoms. The highest BCUT2D eigenvalue weighted by Gasteiger charge is 2.29. The van der Waals surface area contributed by atoms with Gasteiger partial charge >= 0.3 is 0 Å². The van der Waals surface area contributed by atoms with Crippen LogP contribution in [0.1, 0.15) is 35.6 Å². The first-order chi connectivity index (χ1) is 15.7. The van der Waals surface area contributed by atoms with E-state index < -0.39 is 0 Å². The molecule has 2 heterocycles. The molecule has 0 unspecified atom stereocenters. The molecule has 162 valence electrons. The van der Waals surface area contributed by atoms with Gasteiger partial charge in [0, 0.05) is 37.1 Å². The van der Waals surface area contributed by atoms with Crippen LogP contribution in [0.5, 0.6) is 0 Å². The van der Waals surface area contributed by atoms with Crippen molar-refractivity contribution in [2.75, 3.05) is 0 Å². The molecule has 0 spiro atoms. The zero-order valence-corrected chi connectivity index (χ0v) is 19.1. The Bertz CT molecular complexity index is 1240. The molecular formula is C26H27N5S. The summed E-state index contributed by atoms with van der Waals surface area (Å²) >= 11 is 5.92. The summed E-state index contributed by atoms with van der Waals surface area (Å²) in [6.07, 6.45) is 5.98. The van der Waals surface area contributed by atoms with Crippen molar-refractivity contribution < 1.29 is 0 Å². The summed E-state index contributed by atoms with van der Waals surface area (Å²) in [6.45, 7) is 4.47. The van der Waals surface area contributed by atoms with Crippen molar-refractivity contribution >= 4 is 12.2 Å². The van der Waals surface area contributed by atoms with Gasteiger partial charge in [0.05, 0.1) is 6.67 Å². The highest BCUT2D eigenvalue weighted by atomic mass is 32.1. The van der Waals surface area contributed by atoms with Crippen molar-refractivity contribution in [2.24, 2.45) is 0 Å². The van der Waals surface area contributed by atoms with Crippen LogP contribution in [0, 0.1) is 11.7 Å². The zero-order chi connectivity index (χ0) is 21.9. The number of hydrogen-bond acceptors (Lipinski definition) is 4. The summed E-state index contributed by atoms with van der Waals surface area (Å²) in [7, 11) is 0. The summed E-state index contributed by atoms with van der Waals surface area (Å²) in [6, 6.07) is 23.6. The quantitative estimate of drug-likeness (QED) is 0.325. The van der Waals surface area contributed by atoms with E-state index in [-0.39, 0.29) is 0 Å². The fourth-order valence-corrected chi connectivity index (χ4v) is 4.42. The van der Waals surface area contributed by atoms with E-state index >= 15 is 0 Å². The van der Waals surface area contributed by atoms with Crippen LogP contribution in [0.15, 0.2) is 79.1 Å². The number of aryl methyl sites for hydroxylation is 1. The fourth-order valence-electron chi connectivity index (χ4n) is 4.08. The van der Waals surface area contributed by atoms with Crippen molar-refractivity contribution in [3.05, 3.63) is 101 Å². The second kappa shape index (κ2) is 9.18. The first-order valence-electron chi connectivity index (χ1n) is 11.1. The molecule has 0 aliphatic heterocycles. The van der Waals surface area contributed by atoms with Crippen LogP contribution < -0.4 is 0 Å². The topological polar surface area (TPSA) is 38.9 Å². The third-order valence-electron chi connectivity index (χ3n) is 5.94. The average Bonchev–Trinajstić information content (AvgIpc) is 3.60. The van der Waals surface area contributed by atoms with Gasteiger partial charge in [-0.15, -0.1) is 0 Å². The summed E-state index contributed by atoms with van der Waals surface area (Å²) in [5.74, 6) is 0.918. The third kappa shape index (κ3) is 4.56. The maximum absolute atomic E-state index is 5.92. The predicted molar refractivity (Wildman–Crippen MR) is 129 cm³/mol. The lowest BCUT2D eigenvalue weighted by molar-refractivity contribution is 0.187. The maximum Gasteiger partial charge on any atom is 0.199 e. The Kier molecular flexibility index (Phi) is 5.97. The van der Waals surface area contributed by atoms with Gasteiger partial charge < -0.3 is 0 Å². The van der Waals surface area contributed by atoms with Crippen molar-refractivity contribution in [3.8, 4) is 11.4 Å². The standard InChI is InChI=1S/C26H27N5S/c1-20-8-5-6-11-23(20)18-29(17-21-9-3-2-4-10-21)19-30-26(32)31(24-13-14-24)25(28-30)22-12-7-15-27-16-22/h2-12,15-16,24H,13-14,17-19H2,1H3. The number of nitrogens with zero attached hydrogens (tertiary/aromatic N) is 5. The van der Waals surface area contributed by atoms with E-state index in [2.05, 4.69) is 82.0 Å². The Hall–Kier alpha value is -3.09. The molecule has 2 aromatic carbocycles. The largest absolute Gasteiger partial charge is 0.297 e. The molecule has 0 atom stereocenters. The molecule has 0 N–H and O–H groups in total. The van der Waals surface area contributed by atoms with Gasteiger partial charge in [0.25, 0.3) is 0 Å². The van der Waals surface area contributed by atoms with Gasteiger partial charge in [-0.3, -0.25) is 14.5 Å². The Labute approximate surface area is 194 Å². The van der Waals surface area contributed by atoms with Crippen LogP contribution in [-0.2, 0) is 19.8 Å². The molecule has 2 aromatic heterocycles. The Balaban J connectivity index is 1.49. The Morgan fingerprint density at radius 3 is 2.47 bits per heavy atom. The van der Waals surface area contributed by atoms with Gasteiger partial charge in [-0.25, -0.2) is 4.68 Å². The number of pyridine rings is 1. The predicted octanol–water partition coefficient (Wildman–Crippen LogP) is 5.78. The van der Waals surface area contributed by atoms with E-state index in [1.165, 1.54) is 16.7 Å². The molecule has 0 saturated heterocycles. The van der Waals surface area contributed by atoms with Crippen molar-refractivity contribution in [3.63, 3.8) is 0 Å². The molecule has 5 nitrogen and oxygen atoms in total. The second-order valence-corrected chi connectivity index (χ2v) is 8.85. The molecule has 1 saturated carbocycles. The molecule has 0 amide bonds. The van der Waals surface area contributed by atoms with E-state index in [1.54, 1.807) is 6.20 Å². The molecule has 0 radical (unpaired) electrons. The second-order valence-electron chi connectivity index (χ2n) is 8.49. The highest BCUT2D eigenvalue weighted by molar-refractivity contribution is 7.71. The zero-order valence-electron chi connectivity index (χ0n) is 18.3. The fraction of sp³-hybridized carbons (Fsp3) is 0.269. The normalized spacial score (nSPS) is 13.6. The molecule has 5 rings (SSSR count). The summed E-state index contributed by atoms with van der Waals surface area (Å²) in [5, 5.41) is 4.98. The lowest BCUT2D eigenvalue weighted by atomic mass is 10.1. The first kappa shape index (κ1) is 20.8. The van der Waals surface area contributed by atoms with E-state index in [1.807, 2.05) is 16.9 Å². The lowest BCUT2D eigenvalue weighted by Gasteiger charge is -2.23. The number of benzene rings is 2. The van der Waals surface area contributed by atoms with Crippen molar-refractivity contribution in [1.82, 2.24) is 24.2 Å². The summed E-state index contributed by atoms with van der Waals surface area (Å²) in [5.41, 5.74) is 4.91. The Morgan fingerprint density at radius 2 is 1.75 bits per heavy atom. The van der Waals surface area contributed by atoms with Crippen LogP contribution in [0.2, 0.25) is 0 Å². The van der Waals surface area contributed by atoms with Crippen LogP contribution in [0.25, 0.3) is 11.4 Å². The molecule has 1 aliphatic rings. The van der Waals surface area contributed by atoms with Crippen LogP contribution in [0.3, 0.4) is 0 Å². The monoisotopic (exact) mass is 441 g/mol. The lowest BCUT2D eigenvalue weighted by Crippen LogP contribution is -2.27.